The molecule has 2 atom stereocenters. The van der Waals surface area contributed by atoms with E-state index in [0.29, 0.717) is 23.7 Å². The first-order valence-electron chi connectivity index (χ1n) is 18.3. The van der Waals surface area contributed by atoms with Gasteiger partial charge >= 0.3 is 0 Å². The molecule has 4 N–H and O–H groups in total. The number of hydrogen-bond donors (Lipinski definition) is 4. The van der Waals surface area contributed by atoms with Crippen LogP contribution in [0.5, 0.6) is 23.0 Å². The van der Waals surface area contributed by atoms with Gasteiger partial charge < -0.3 is 20.4 Å². The lowest BCUT2D eigenvalue weighted by Gasteiger charge is -2.48. The van der Waals surface area contributed by atoms with Gasteiger partial charge in [0, 0.05) is 10.8 Å². The average Bonchev–Trinajstić information content (AvgIpc) is 3.15. The summed E-state index contributed by atoms with van der Waals surface area (Å²) in [7, 11) is 0. The van der Waals surface area contributed by atoms with Crippen molar-refractivity contribution in [3.05, 3.63) is 111 Å². The van der Waals surface area contributed by atoms with Gasteiger partial charge in [-0.2, -0.15) is 0 Å². The number of rotatable bonds is 9. The van der Waals surface area contributed by atoms with Crippen molar-refractivity contribution in [2.45, 2.75) is 88.9 Å². The normalized spacial score (nSPS) is 18.8. The first kappa shape index (κ1) is 42.0. The Morgan fingerprint density at radius 1 is 0.426 bits per heavy atom. The van der Waals surface area contributed by atoms with Gasteiger partial charge in [-0.15, -0.1) is 0 Å². The molecule has 0 heterocycles. The third-order valence-corrected chi connectivity index (χ3v) is 15.1. The van der Waals surface area contributed by atoms with Crippen molar-refractivity contribution < 1.29 is 20.4 Å². The molecule has 6 rings (SSSR count). The monoisotopic (exact) mass is 890 g/mol. The Bertz CT molecular complexity index is 1680. The number of halogens is 8. The first-order chi connectivity index (χ1) is 25.6. The molecule has 4 aromatic carbocycles. The van der Waals surface area contributed by atoms with E-state index >= 15 is 0 Å². The van der Waals surface area contributed by atoms with E-state index in [9.17, 15) is 20.4 Å². The van der Waals surface area contributed by atoms with Crippen molar-refractivity contribution in [1.29, 1.82) is 0 Å². The summed E-state index contributed by atoms with van der Waals surface area (Å²) in [5.74, 6) is 1.22. The molecule has 4 nitrogen and oxygen atoms in total. The quantitative estimate of drug-likeness (QED) is 0.135. The molecule has 290 valence electrons. The van der Waals surface area contributed by atoms with Crippen LogP contribution in [0, 0.1) is 23.7 Å². The van der Waals surface area contributed by atoms with Crippen LogP contribution in [0.25, 0.3) is 0 Å². The average molecular weight is 894 g/mol. The molecule has 2 fully saturated rings. The lowest BCUT2D eigenvalue weighted by molar-refractivity contribution is 0.0782. The Morgan fingerprint density at radius 3 is 0.778 bits per heavy atom. The van der Waals surface area contributed by atoms with E-state index < -0.39 is 10.8 Å². The van der Waals surface area contributed by atoms with Gasteiger partial charge in [0.1, 0.15) is 0 Å². The van der Waals surface area contributed by atoms with Gasteiger partial charge in [0.05, 0.1) is 40.2 Å². The van der Waals surface area contributed by atoms with Gasteiger partial charge in [-0.3, -0.25) is 0 Å². The zero-order chi connectivity index (χ0) is 39.3. The maximum absolute atomic E-state index is 10.4. The fourth-order valence-electron chi connectivity index (χ4n) is 9.95. The second-order valence-electron chi connectivity index (χ2n) is 15.1. The predicted octanol–water partition coefficient (Wildman–Crippen LogP) is 15.4. The number of hydrogen-bond acceptors (Lipinski definition) is 4. The predicted molar refractivity (Wildman–Crippen MR) is 226 cm³/mol. The minimum atomic E-state index is -0.539. The van der Waals surface area contributed by atoms with E-state index in [4.69, 9.17) is 92.8 Å². The Kier molecular flexibility index (Phi) is 13.0. The molecule has 0 aliphatic heterocycles. The highest BCUT2D eigenvalue weighted by Crippen LogP contribution is 2.57. The van der Waals surface area contributed by atoms with E-state index in [1.807, 2.05) is 0 Å². The molecule has 2 aliphatic rings. The van der Waals surface area contributed by atoms with Gasteiger partial charge in [-0.25, -0.2) is 0 Å². The third-order valence-electron chi connectivity index (χ3n) is 12.7. The summed E-state index contributed by atoms with van der Waals surface area (Å²) in [5, 5.41) is 43.1. The summed E-state index contributed by atoms with van der Waals surface area (Å²) in [4.78, 5) is 0. The molecule has 0 bridgehead atoms. The third kappa shape index (κ3) is 7.70. The lowest BCUT2D eigenvalue weighted by Crippen LogP contribution is -2.40. The largest absolute Gasteiger partial charge is 0.505 e. The van der Waals surface area contributed by atoms with Crippen LogP contribution in [-0.4, -0.2) is 20.4 Å². The highest BCUT2D eigenvalue weighted by atomic mass is 35.5. The van der Waals surface area contributed by atoms with Gasteiger partial charge in [-0.05, 0) is 146 Å². The standard InChI is InChI=1S/C42H42Cl8O4/c1-3-27(21-5-9-41(10-6-21,23-13-29(43)37(51)30(44)14-23)24-15-31(45)38(52)32(46)16-24)28(4-2)22-7-11-42(12-8-22,25-17-33(47)39(53)34(48)18-25)26-19-35(49)40(54)36(50)20-26/h13-22,27-28,51-54H,3-12H2,1-2H3. The zero-order valence-corrected chi connectivity index (χ0v) is 35.9. The molecule has 2 aliphatic carbocycles. The number of benzene rings is 4. The van der Waals surface area contributed by atoms with Crippen molar-refractivity contribution in [2.24, 2.45) is 23.7 Å². The smallest absolute Gasteiger partial charge is 0.152 e. The molecule has 0 spiro atoms. The topological polar surface area (TPSA) is 80.9 Å². The molecule has 0 aromatic heterocycles. The molecular formula is C42H42Cl8O4. The maximum Gasteiger partial charge on any atom is 0.152 e. The van der Waals surface area contributed by atoms with Crippen LogP contribution >= 0.6 is 92.8 Å². The fraction of sp³-hybridized carbons (Fsp3) is 0.429. The Labute approximate surface area is 357 Å². The van der Waals surface area contributed by atoms with E-state index in [1.165, 1.54) is 0 Å². The van der Waals surface area contributed by atoms with Crippen molar-refractivity contribution >= 4 is 92.8 Å². The van der Waals surface area contributed by atoms with E-state index in [-0.39, 0.29) is 63.2 Å². The summed E-state index contributed by atoms with van der Waals surface area (Å²) >= 11 is 51.9. The zero-order valence-electron chi connectivity index (χ0n) is 29.8. The molecule has 4 aromatic rings. The molecular weight excluding hydrogens is 852 g/mol. The van der Waals surface area contributed by atoms with Crippen LogP contribution in [0.3, 0.4) is 0 Å². The van der Waals surface area contributed by atoms with Crippen molar-refractivity contribution in [2.75, 3.05) is 0 Å². The van der Waals surface area contributed by atoms with Gasteiger partial charge in [0.25, 0.3) is 0 Å². The molecule has 54 heavy (non-hydrogen) atoms. The number of aromatic hydroxyl groups is 4. The minimum Gasteiger partial charge on any atom is -0.505 e. The Hall–Kier alpha value is -1.60. The highest BCUT2D eigenvalue weighted by molar-refractivity contribution is 6.39. The fourth-order valence-corrected chi connectivity index (χ4v) is 11.9. The van der Waals surface area contributed by atoms with Gasteiger partial charge in [0.2, 0.25) is 0 Å². The molecule has 0 amide bonds. The summed E-state index contributed by atoms with van der Waals surface area (Å²) in [6.07, 6.45) is 8.93. The SMILES string of the molecule is CCC(C1CCC(c2cc(Cl)c(O)c(Cl)c2)(c2cc(Cl)c(O)c(Cl)c2)CC1)C(CC)C1CCC(c2cc(Cl)c(O)c(Cl)c2)(c2cc(Cl)c(O)c(Cl)c2)CC1. The molecule has 2 saturated carbocycles. The maximum atomic E-state index is 10.4. The summed E-state index contributed by atoms with van der Waals surface area (Å²) < 4.78 is 0. The van der Waals surface area contributed by atoms with Crippen molar-refractivity contribution in [1.82, 2.24) is 0 Å². The van der Waals surface area contributed by atoms with Crippen LogP contribution in [0.1, 0.15) is 100 Å². The van der Waals surface area contributed by atoms with Crippen molar-refractivity contribution in [3.8, 4) is 23.0 Å². The van der Waals surface area contributed by atoms with Crippen LogP contribution in [-0.2, 0) is 10.8 Å². The van der Waals surface area contributed by atoms with Crippen LogP contribution in [0.4, 0.5) is 0 Å². The summed E-state index contributed by atoms with van der Waals surface area (Å²) in [6, 6.07) is 14.2. The second-order valence-corrected chi connectivity index (χ2v) is 18.4. The molecule has 12 heteroatoms. The molecule has 0 radical (unpaired) electrons. The van der Waals surface area contributed by atoms with Gasteiger partial charge in [-0.1, -0.05) is 119 Å². The van der Waals surface area contributed by atoms with E-state index in [0.717, 1.165) is 86.5 Å². The summed E-state index contributed by atoms with van der Waals surface area (Å²) in [6.45, 7) is 4.59. The van der Waals surface area contributed by atoms with E-state index in [1.54, 1.807) is 48.5 Å². The van der Waals surface area contributed by atoms with Crippen LogP contribution in [0.15, 0.2) is 48.5 Å². The number of phenols is 4. The van der Waals surface area contributed by atoms with Crippen LogP contribution < -0.4 is 0 Å². The van der Waals surface area contributed by atoms with Gasteiger partial charge in [0.15, 0.2) is 23.0 Å². The summed E-state index contributed by atoms with van der Waals surface area (Å²) in [5.41, 5.74) is 2.42. The second kappa shape index (κ2) is 16.7. The first-order valence-corrected chi connectivity index (χ1v) is 21.3. The van der Waals surface area contributed by atoms with Crippen LogP contribution in [0.2, 0.25) is 40.2 Å². The van der Waals surface area contributed by atoms with E-state index in [2.05, 4.69) is 13.8 Å². The highest BCUT2D eigenvalue weighted by Gasteiger charge is 2.46. The van der Waals surface area contributed by atoms with Crippen molar-refractivity contribution in [3.63, 3.8) is 0 Å². The lowest BCUT2D eigenvalue weighted by atomic mass is 9.56. The number of phenolic OH excluding ortho intramolecular Hbond substituents is 4. The Morgan fingerprint density at radius 2 is 0.611 bits per heavy atom. The minimum absolute atomic E-state index is 0.158. The molecule has 2 unspecified atom stereocenters. The molecule has 0 saturated heterocycles. The Balaban J connectivity index is 1.29.